The highest BCUT2D eigenvalue weighted by Gasteiger charge is 2.34. The van der Waals surface area contributed by atoms with Crippen molar-refractivity contribution in [3.8, 4) is 5.75 Å². The molecule has 2 unspecified atom stereocenters. The first-order valence-electron chi connectivity index (χ1n) is 5.28. The fourth-order valence-corrected chi connectivity index (χ4v) is 2.30. The summed E-state index contributed by atoms with van der Waals surface area (Å²) in [5.41, 5.74) is 2.02. The predicted molar refractivity (Wildman–Crippen MR) is 60.8 cm³/mol. The molecule has 4 nitrogen and oxygen atoms in total. The van der Waals surface area contributed by atoms with Crippen LogP contribution in [0, 0.1) is 5.92 Å². The summed E-state index contributed by atoms with van der Waals surface area (Å²) in [4.78, 5) is 13.0. The monoisotopic (exact) mass is 221 g/mol. The Labute approximate surface area is 94.1 Å². The maximum absolute atomic E-state index is 11.0. The van der Waals surface area contributed by atoms with Gasteiger partial charge in [0.05, 0.1) is 5.92 Å². The van der Waals surface area contributed by atoms with Crippen molar-refractivity contribution in [2.24, 2.45) is 5.92 Å². The fraction of sp³-hybridized carbons (Fsp3) is 0.417. The van der Waals surface area contributed by atoms with Crippen LogP contribution in [0.3, 0.4) is 0 Å². The van der Waals surface area contributed by atoms with E-state index in [0.717, 1.165) is 11.3 Å². The summed E-state index contributed by atoms with van der Waals surface area (Å²) in [6.07, 6.45) is 0.674. The molecule has 0 aliphatic carbocycles. The van der Waals surface area contributed by atoms with Gasteiger partial charge in [0, 0.05) is 18.8 Å². The van der Waals surface area contributed by atoms with E-state index < -0.39 is 11.9 Å². The molecule has 1 heterocycles. The first kappa shape index (κ1) is 10.8. The fourth-order valence-electron chi connectivity index (χ4n) is 2.30. The number of rotatable bonds is 2. The Morgan fingerprint density at radius 3 is 2.88 bits per heavy atom. The lowest BCUT2D eigenvalue weighted by Gasteiger charge is -2.25. The van der Waals surface area contributed by atoms with E-state index >= 15 is 0 Å². The molecule has 0 amide bonds. The number of hydrogen-bond donors (Lipinski definition) is 2. The number of carbonyl (C=O) groups is 1. The minimum Gasteiger partial charge on any atom is -0.508 e. The average molecular weight is 221 g/mol. The first-order chi connectivity index (χ1) is 7.50. The maximum Gasteiger partial charge on any atom is 0.308 e. The van der Waals surface area contributed by atoms with Gasteiger partial charge in [0.25, 0.3) is 0 Å². The third-order valence-electron chi connectivity index (χ3n) is 3.34. The minimum atomic E-state index is -0.783. The summed E-state index contributed by atoms with van der Waals surface area (Å²) in [5, 5.41) is 18.4. The van der Waals surface area contributed by atoms with E-state index in [0.29, 0.717) is 6.42 Å². The molecule has 2 rings (SSSR count). The molecule has 1 aliphatic rings. The molecule has 2 N–H and O–H groups in total. The van der Waals surface area contributed by atoms with Crippen LogP contribution in [0.15, 0.2) is 18.2 Å². The van der Waals surface area contributed by atoms with Crippen LogP contribution in [0.4, 0.5) is 5.69 Å². The number of likely N-dealkylation sites (N-methyl/N-ethyl adjacent to an activating group) is 1. The lowest BCUT2D eigenvalue weighted by Crippen LogP contribution is -2.37. The molecule has 16 heavy (non-hydrogen) atoms. The van der Waals surface area contributed by atoms with Gasteiger partial charge < -0.3 is 15.1 Å². The number of aliphatic carboxylic acids is 1. The van der Waals surface area contributed by atoms with E-state index in [1.807, 2.05) is 18.0 Å². The number of aromatic hydroxyl groups is 1. The minimum absolute atomic E-state index is 0.0331. The molecular formula is C12H15NO3. The molecule has 4 heteroatoms. The Morgan fingerprint density at radius 2 is 2.25 bits per heavy atom. The van der Waals surface area contributed by atoms with Crippen molar-refractivity contribution in [3.05, 3.63) is 23.8 Å². The number of fused-ring (bicyclic) bond motifs is 1. The third kappa shape index (κ3) is 1.60. The first-order valence-corrected chi connectivity index (χ1v) is 5.28. The van der Waals surface area contributed by atoms with Crippen LogP contribution < -0.4 is 4.90 Å². The number of phenolic OH excluding ortho intramolecular Hbond substituents is 1. The number of hydrogen-bond acceptors (Lipinski definition) is 3. The molecule has 0 saturated heterocycles. The molecule has 0 bridgehead atoms. The highest BCUT2D eigenvalue weighted by molar-refractivity contribution is 5.73. The maximum atomic E-state index is 11.0. The van der Waals surface area contributed by atoms with Gasteiger partial charge in [-0.2, -0.15) is 0 Å². The van der Waals surface area contributed by atoms with Crippen LogP contribution in [-0.4, -0.2) is 29.3 Å². The molecule has 1 aliphatic heterocycles. The lowest BCUT2D eigenvalue weighted by atomic mass is 9.98. The second-order valence-electron chi connectivity index (χ2n) is 4.32. The Morgan fingerprint density at radius 1 is 1.56 bits per heavy atom. The van der Waals surface area contributed by atoms with Crippen molar-refractivity contribution in [3.63, 3.8) is 0 Å². The van der Waals surface area contributed by atoms with Crippen LogP contribution in [0.1, 0.15) is 12.5 Å². The zero-order chi connectivity index (χ0) is 11.9. The number of carboxylic acids is 1. The van der Waals surface area contributed by atoms with E-state index in [9.17, 15) is 9.90 Å². The molecule has 1 aromatic rings. The molecule has 0 fully saturated rings. The number of benzene rings is 1. The van der Waals surface area contributed by atoms with Crippen molar-refractivity contribution in [2.75, 3.05) is 11.9 Å². The number of carboxylic acid groups (broad SMARTS) is 1. The van der Waals surface area contributed by atoms with Crippen LogP contribution in [0.25, 0.3) is 0 Å². The molecule has 0 spiro atoms. The number of anilines is 1. The van der Waals surface area contributed by atoms with E-state index in [1.54, 1.807) is 19.1 Å². The van der Waals surface area contributed by atoms with Crippen LogP contribution >= 0.6 is 0 Å². The van der Waals surface area contributed by atoms with Gasteiger partial charge in [0.1, 0.15) is 5.75 Å². The van der Waals surface area contributed by atoms with Crippen LogP contribution in [0.2, 0.25) is 0 Å². The second kappa shape index (κ2) is 3.70. The predicted octanol–water partition coefficient (Wildman–Crippen LogP) is 1.47. The topological polar surface area (TPSA) is 60.8 Å². The number of nitrogens with zero attached hydrogens (tertiary/aromatic N) is 1. The van der Waals surface area contributed by atoms with E-state index in [4.69, 9.17) is 5.11 Å². The van der Waals surface area contributed by atoms with Crippen molar-refractivity contribution in [1.29, 1.82) is 0 Å². The Balaban J connectivity index is 2.30. The summed E-state index contributed by atoms with van der Waals surface area (Å²) in [6, 6.07) is 5.14. The van der Waals surface area contributed by atoms with Gasteiger partial charge in [-0.1, -0.05) is 0 Å². The molecule has 0 radical (unpaired) electrons. The summed E-state index contributed by atoms with van der Waals surface area (Å²) in [5.74, 6) is -0.968. The van der Waals surface area contributed by atoms with Crippen molar-refractivity contribution in [2.45, 2.75) is 19.4 Å². The van der Waals surface area contributed by atoms with Gasteiger partial charge >= 0.3 is 5.97 Å². The quantitative estimate of drug-likeness (QED) is 0.794. The summed E-state index contributed by atoms with van der Waals surface area (Å²) < 4.78 is 0. The third-order valence-corrected chi connectivity index (χ3v) is 3.34. The largest absolute Gasteiger partial charge is 0.508 e. The van der Waals surface area contributed by atoms with Crippen molar-refractivity contribution >= 4 is 11.7 Å². The van der Waals surface area contributed by atoms with E-state index in [-0.39, 0.29) is 11.8 Å². The van der Waals surface area contributed by atoms with Gasteiger partial charge in [0.2, 0.25) is 0 Å². The normalized spacial score (nSPS) is 20.6. The van der Waals surface area contributed by atoms with Crippen LogP contribution in [0.5, 0.6) is 5.75 Å². The second-order valence-corrected chi connectivity index (χ2v) is 4.32. The molecular weight excluding hydrogens is 206 g/mol. The van der Waals surface area contributed by atoms with E-state index in [1.165, 1.54) is 0 Å². The standard InChI is InChI=1S/C12H15NO3/c1-7(12(15)16)11-6-8-5-9(14)3-4-10(8)13(11)2/h3-5,7,11,14H,6H2,1-2H3,(H,15,16). The zero-order valence-electron chi connectivity index (χ0n) is 9.34. The summed E-state index contributed by atoms with van der Waals surface area (Å²) in [7, 11) is 1.90. The molecule has 0 aromatic heterocycles. The van der Waals surface area contributed by atoms with Gasteiger partial charge in [-0.15, -0.1) is 0 Å². The number of phenols is 1. The molecule has 0 saturated carbocycles. The Kier molecular flexibility index (Phi) is 2.50. The van der Waals surface area contributed by atoms with Crippen molar-refractivity contribution in [1.82, 2.24) is 0 Å². The van der Waals surface area contributed by atoms with Gasteiger partial charge in [-0.3, -0.25) is 4.79 Å². The van der Waals surface area contributed by atoms with E-state index in [2.05, 4.69) is 0 Å². The smallest absolute Gasteiger partial charge is 0.308 e. The highest BCUT2D eigenvalue weighted by Crippen LogP contribution is 2.35. The van der Waals surface area contributed by atoms with Gasteiger partial charge in [0.15, 0.2) is 0 Å². The average Bonchev–Trinajstić information content (AvgIpc) is 2.54. The lowest BCUT2D eigenvalue weighted by molar-refractivity contribution is -0.141. The van der Waals surface area contributed by atoms with Gasteiger partial charge in [-0.25, -0.2) is 0 Å². The summed E-state index contributed by atoms with van der Waals surface area (Å²) in [6.45, 7) is 1.72. The molecule has 86 valence electrons. The van der Waals surface area contributed by atoms with Crippen LogP contribution in [-0.2, 0) is 11.2 Å². The Bertz CT molecular complexity index is 430. The molecule has 1 aromatic carbocycles. The molecule has 2 atom stereocenters. The van der Waals surface area contributed by atoms with Gasteiger partial charge in [-0.05, 0) is 37.1 Å². The summed E-state index contributed by atoms with van der Waals surface area (Å²) >= 11 is 0. The zero-order valence-corrected chi connectivity index (χ0v) is 9.34. The SMILES string of the molecule is CC(C(=O)O)C1Cc2cc(O)ccc2N1C. The van der Waals surface area contributed by atoms with Crippen molar-refractivity contribution < 1.29 is 15.0 Å². The Hall–Kier alpha value is -1.71. The highest BCUT2D eigenvalue weighted by atomic mass is 16.4.